The van der Waals surface area contributed by atoms with Gasteiger partial charge in [0.1, 0.15) is 6.04 Å². The molecule has 1 aliphatic heterocycles. The quantitative estimate of drug-likeness (QED) is 0.759. The molecule has 0 spiro atoms. The zero-order chi connectivity index (χ0) is 19.8. The molecule has 2 aromatic carbocycles. The molecule has 0 radical (unpaired) electrons. The third-order valence-electron chi connectivity index (χ3n) is 4.98. The van der Waals surface area contributed by atoms with Crippen LogP contribution in [0.1, 0.15) is 29.5 Å². The van der Waals surface area contributed by atoms with Crippen molar-refractivity contribution in [3.63, 3.8) is 0 Å². The van der Waals surface area contributed by atoms with Crippen molar-refractivity contribution in [2.75, 3.05) is 11.9 Å². The third-order valence-corrected chi connectivity index (χ3v) is 7.55. The van der Waals surface area contributed by atoms with Crippen LogP contribution in [0.15, 0.2) is 45.8 Å². The molecule has 7 heteroatoms. The number of hydrogen-bond donors (Lipinski definition) is 1. The molecule has 27 heavy (non-hydrogen) atoms. The van der Waals surface area contributed by atoms with Crippen LogP contribution >= 0.6 is 15.9 Å². The summed E-state index contributed by atoms with van der Waals surface area (Å²) in [7, 11) is -3.71. The Labute approximate surface area is 169 Å². The van der Waals surface area contributed by atoms with Gasteiger partial charge in [0.25, 0.3) is 0 Å². The van der Waals surface area contributed by atoms with Crippen LogP contribution in [-0.2, 0) is 14.8 Å². The summed E-state index contributed by atoms with van der Waals surface area (Å²) in [6.45, 7) is 6.23. The molecule has 0 aliphatic carbocycles. The minimum atomic E-state index is -3.71. The average molecular weight is 451 g/mol. The van der Waals surface area contributed by atoms with Gasteiger partial charge in [-0.3, -0.25) is 4.79 Å². The number of benzene rings is 2. The molecule has 1 heterocycles. The molecule has 144 valence electrons. The Kier molecular flexibility index (Phi) is 5.74. The molecule has 1 saturated heterocycles. The van der Waals surface area contributed by atoms with Crippen molar-refractivity contribution in [1.82, 2.24) is 4.31 Å². The number of halogens is 1. The fourth-order valence-corrected chi connectivity index (χ4v) is 5.44. The van der Waals surface area contributed by atoms with Crippen LogP contribution < -0.4 is 5.32 Å². The van der Waals surface area contributed by atoms with E-state index in [4.69, 9.17) is 0 Å². The second kappa shape index (κ2) is 7.73. The topological polar surface area (TPSA) is 66.5 Å². The standard InChI is InChI=1S/C20H23BrN2O3S/c1-13-6-8-16(9-7-13)27(25,26)23-10-4-5-19(23)20(24)22-18-12-15(3)14(2)11-17(18)21/h6-9,11-12,19H,4-5,10H2,1-3H3,(H,22,24)/t19-/m1/s1. The summed E-state index contributed by atoms with van der Waals surface area (Å²) < 4.78 is 28.1. The predicted molar refractivity (Wildman–Crippen MR) is 110 cm³/mol. The van der Waals surface area contributed by atoms with E-state index in [1.807, 2.05) is 32.9 Å². The number of hydrogen-bond acceptors (Lipinski definition) is 3. The molecule has 3 rings (SSSR count). The Bertz CT molecular complexity index is 971. The van der Waals surface area contributed by atoms with Gasteiger partial charge in [-0.15, -0.1) is 0 Å². The molecule has 1 atom stereocenters. The maximum absolute atomic E-state index is 13.0. The molecule has 2 aromatic rings. The highest BCUT2D eigenvalue weighted by Crippen LogP contribution is 2.30. The number of carbonyl (C=O) groups is 1. The van der Waals surface area contributed by atoms with Crippen molar-refractivity contribution >= 4 is 37.5 Å². The number of nitrogens with one attached hydrogen (secondary N) is 1. The Hall–Kier alpha value is -1.70. The first-order chi connectivity index (χ1) is 12.7. The molecular formula is C20H23BrN2O3S. The SMILES string of the molecule is Cc1ccc(S(=O)(=O)N2CCC[C@@H]2C(=O)Nc2cc(C)c(C)cc2Br)cc1. The van der Waals surface area contributed by atoms with E-state index in [2.05, 4.69) is 21.2 Å². The molecular weight excluding hydrogens is 428 g/mol. The van der Waals surface area contributed by atoms with Gasteiger partial charge in [0.2, 0.25) is 15.9 Å². The highest BCUT2D eigenvalue weighted by molar-refractivity contribution is 9.10. The minimum absolute atomic E-state index is 0.222. The second-order valence-electron chi connectivity index (χ2n) is 6.99. The summed E-state index contributed by atoms with van der Waals surface area (Å²) in [4.78, 5) is 13.1. The molecule has 0 bridgehead atoms. The van der Waals surface area contributed by atoms with Gasteiger partial charge < -0.3 is 5.32 Å². The summed E-state index contributed by atoms with van der Waals surface area (Å²) in [5.41, 5.74) is 3.82. The second-order valence-corrected chi connectivity index (χ2v) is 9.74. The Morgan fingerprint density at radius 1 is 1.11 bits per heavy atom. The summed E-state index contributed by atoms with van der Waals surface area (Å²) in [6.07, 6.45) is 1.18. The van der Waals surface area contributed by atoms with E-state index in [9.17, 15) is 13.2 Å². The van der Waals surface area contributed by atoms with Gasteiger partial charge in [-0.25, -0.2) is 8.42 Å². The van der Waals surface area contributed by atoms with E-state index in [1.54, 1.807) is 24.3 Å². The lowest BCUT2D eigenvalue weighted by Gasteiger charge is -2.24. The van der Waals surface area contributed by atoms with E-state index >= 15 is 0 Å². The normalized spacial score (nSPS) is 17.9. The first-order valence-corrected chi connectivity index (χ1v) is 11.1. The molecule has 1 N–H and O–H groups in total. The van der Waals surface area contributed by atoms with Crippen molar-refractivity contribution in [3.8, 4) is 0 Å². The number of nitrogens with zero attached hydrogens (tertiary/aromatic N) is 1. The monoisotopic (exact) mass is 450 g/mol. The van der Waals surface area contributed by atoms with Crippen molar-refractivity contribution < 1.29 is 13.2 Å². The number of sulfonamides is 1. The van der Waals surface area contributed by atoms with Crippen LogP contribution in [0.2, 0.25) is 0 Å². The first-order valence-electron chi connectivity index (χ1n) is 8.86. The van der Waals surface area contributed by atoms with Crippen LogP contribution in [0.25, 0.3) is 0 Å². The largest absolute Gasteiger partial charge is 0.324 e. The van der Waals surface area contributed by atoms with Crippen molar-refractivity contribution in [3.05, 3.63) is 57.6 Å². The van der Waals surface area contributed by atoms with Crippen LogP contribution in [0, 0.1) is 20.8 Å². The fraction of sp³-hybridized carbons (Fsp3) is 0.350. The van der Waals surface area contributed by atoms with E-state index in [0.717, 1.165) is 21.2 Å². The van der Waals surface area contributed by atoms with Gasteiger partial charge in [-0.2, -0.15) is 4.31 Å². The smallest absolute Gasteiger partial charge is 0.243 e. The highest BCUT2D eigenvalue weighted by Gasteiger charge is 2.39. The molecule has 0 aromatic heterocycles. The van der Waals surface area contributed by atoms with Crippen LogP contribution in [0.3, 0.4) is 0 Å². The number of carbonyl (C=O) groups excluding carboxylic acids is 1. The van der Waals surface area contributed by atoms with Crippen LogP contribution in [0.5, 0.6) is 0 Å². The molecule has 5 nitrogen and oxygen atoms in total. The predicted octanol–water partition coefficient (Wildman–Crippen LogP) is 4.17. The maximum Gasteiger partial charge on any atom is 0.243 e. The minimum Gasteiger partial charge on any atom is -0.324 e. The summed E-state index contributed by atoms with van der Waals surface area (Å²) in [5, 5.41) is 2.89. The summed E-state index contributed by atoms with van der Waals surface area (Å²) in [5.74, 6) is -0.299. The van der Waals surface area contributed by atoms with Crippen LogP contribution in [0.4, 0.5) is 5.69 Å². The van der Waals surface area contributed by atoms with E-state index < -0.39 is 16.1 Å². The highest BCUT2D eigenvalue weighted by atomic mass is 79.9. The van der Waals surface area contributed by atoms with E-state index in [1.165, 1.54) is 4.31 Å². The Morgan fingerprint density at radius 3 is 2.41 bits per heavy atom. The van der Waals surface area contributed by atoms with Gasteiger partial charge in [0.15, 0.2) is 0 Å². The molecule has 0 unspecified atom stereocenters. The Morgan fingerprint density at radius 2 is 1.74 bits per heavy atom. The lowest BCUT2D eigenvalue weighted by atomic mass is 10.1. The van der Waals surface area contributed by atoms with Crippen molar-refractivity contribution in [1.29, 1.82) is 0 Å². The van der Waals surface area contributed by atoms with Gasteiger partial charge in [0, 0.05) is 11.0 Å². The first kappa shape index (κ1) is 20.0. The lowest BCUT2D eigenvalue weighted by molar-refractivity contribution is -0.119. The molecule has 1 fully saturated rings. The van der Waals surface area contributed by atoms with Crippen molar-refractivity contribution in [2.45, 2.75) is 44.6 Å². The zero-order valence-electron chi connectivity index (χ0n) is 15.6. The molecule has 1 aliphatic rings. The number of amides is 1. The average Bonchev–Trinajstić information content (AvgIpc) is 3.11. The molecule has 1 amide bonds. The van der Waals surface area contributed by atoms with Gasteiger partial charge >= 0.3 is 0 Å². The van der Waals surface area contributed by atoms with Crippen molar-refractivity contribution in [2.24, 2.45) is 0 Å². The van der Waals surface area contributed by atoms with Gasteiger partial charge in [0.05, 0.1) is 10.6 Å². The zero-order valence-corrected chi connectivity index (χ0v) is 18.0. The maximum atomic E-state index is 13.0. The van der Waals surface area contributed by atoms with Gasteiger partial charge in [-0.1, -0.05) is 17.7 Å². The number of aryl methyl sites for hydroxylation is 3. The van der Waals surface area contributed by atoms with Crippen LogP contribution in [-0.4, -0.2) is 31.2 Å². The lowest BCUT2D eigenvalue weighted by Crippen LogP contribution is -2.43. The molecule has 0 saturated carbocycles. The number of anilines is 1. The van der Waals surface area contributed by atoms with E-state index in [-0.39, 0.29) is 10.8 Å². The van der Waals surface area contributed by atoms with Gasteiger partial charge in [-0.05, 0) is 84.9 Å². The summed E-state index contributed by atoms with van der Waals surface area (Å²) >= 11 is 3.47. The number of rotatable bonds is 4. The fourth-order valence-electron chi connectivity index (χ4n) is 3.23. The summed E-state index contributed by atoms with van der Waals surface area (Å²) in [6, 6.07) is 9.86. The Balaban J connectivity index is 1.84. The third kappa shape index (κ3) is 4.10. The van der Waals surface area contributed by atoms with E-state index in [0.29, 0.717) is 25.1 Å².